The van der Waals surface area contributed by atoms with Crippen LogP contribution in [0.3, 0.4) is 0 Å². The Hall–Kier alpha value is -4.06. The SMILES string of the molecule is C[C@H]1CCCCN1Cc1c(C(=O)N/N=C/c2c[nH]c3ccccc23)nnn1-c1nonc1N. The summed E-state index contributed by atoms with van der Waals surface area (Å²) in [6.07, 6.45) is 6.79. The minimum Gasteiger partial charge on any atom is -0.378 e. The number of aromatic amines is 1. The maximum atomic E-state index is 13.0. The number of hydrogen-bond acceptors (Lipinski definition) is 9. The minimum atomic E-state index is -0.480. The van der Waals surface area contributed by atoms with Gasteiger partial charge in [-0.2, -0.15) is 9.78 Å². The molecule has 33 heavy (non-hydrogen) atoms. The number of H-pyrrole nitrogens is 1. The van der Waals surface area contributed by atoms with Gasteiger partial charge in [0.25, 0.3) is 5.91 Å². The van der Waals surface area contributed by atoms with Crippen LogP contribution in [0.5, 0.6) is 0 Å². The lowest BCUT2D eigenvalue weighted by Crippen LogP contribution is -2.38. The molecule has 12 nitrogen and oxygen atoms in total. The molecule has 1 aliphatic rings. The Kier molecular flexibility index (Phi) is 5.57. The molecule has 0 radical (unpaired) electrons. The van der Waals surface area contributed by atoms with E-state index in [1.54, 1.807) is 6.21 Å². The highest BCUT2D eigenvalue weighted by Crippen LogP contribution is 2.23. The maximum Gasteiger partial charge on any atom is 0.293 e. The summed E-state index contributed by atoms with van der Waals surface area (Å²) in [5.74, 6) is -0.215. The molecule has 4 N–H and O–H groups in total. The van der Waals surface area contributed by atoms with E-state index in [2.05, 4.69) is 48.0 Å². The average molecular weight is 448 g/mol. The van der Waals surface area contributed by atoms with Gasteiger partial charge in [0.05, 0.1) is 11.9 Å². The van der Waals surface area contributed by atoms with E-state index < -0.39 is 5.91 Å². The van der Waals surface area contributed by atoms with Gasteiger partial charge in [0.1, 0.15) is 0 Å². The lowest BCUT2D eigenvalue weighted by molar-refractivity contribution is 0.0945. The van der Waals surface area contributed by atoms with Gasteiger partial charge in [-0.3, -0.25) is 9.69 Å². The van der Waals surface area contributed by atoms with Crippen LogP contribution in [-0.2, 0) is 6.54 Å². The molecular formula is C21H24N10O2. The summed E-state index contributed by atoms with van der Waals surface area (Å²) < 4.78 is 6.13. The fourth-order valence-corrected chi connectivity index (χ4v) is 4.13. The zero-order valence-electron chi connectivity index (χ0n) is 18.1. The van der Waals surface area contributed by atoms with Crippen molar-refractivity contribution in [1.82, 2.24) is 40.6 Å². The first-order valence-electron chi connectivity index (χ1n) is 10.8. The van der Waals surface area contributed by atoms with Crippen molar-refractivity contribution in [3.63, 3.8) is 0 Å². The molecule has 1 saturated heterocycles. The van der Waals surface area contributed by atoms with Crippen LogP contribution in [0.2, 0.25) is 0 Å². The summed E-state index contributed by atoms with van der Waals surface area (Å²) >= 11 is 0. The molecule has 1 amide bonds. The third-order valence-electron chi connectivity index (χ3n) is 5.96. The molecule has 170 valence electrons. The van der Waals surface area contributed by atoms with Crippen LogP contribution < -0.4 is 11.2 Å². The Morgan fingerprint density at radius 1 is 1.36 bits per heavy atom. The number of nitrogens with one attached hydrogen (secondary N) is 2. The molecule has 1 aliphatic heterocycles. The highest BCUT2D eigenvalue weighted by Gasteiger charge is 2.28. The number of nitrogens with zero attached hydrogens (tertiary/aromatic N) is 7. The smallest absolute Gasteiger partial charge is 0.293 e. The maximum absolute atomic E-state index is 13.0. The van der Waals surface area contributed by atoms with Crippen LogP contribution in [0.15, 0.2) is 40.2 Å². The first-order chi connectivity index (χ1) is 16.1. The fourth-order valence-electron chi connectivity index (χ4n) is 4.13. The molecule has 12 heteroatoms. The number of para-hydroxylation sites is 1. The predicted octanol–water partition coefficient (Wildman–Crippen LogP) is 1.85. The van der Waals surface area contributed by atoms with Crippen molar-refractivity contribution in [3.8, 4) is 5.82 Å². The van der Waals surface area contributed by atoms with Gasteiger partial charge in [-0.15, -0.1) is 5.10 Å². The number of amides is 1. The molecule has 0 spiro atoms. The standard InChI is InChI=1S/C21H24N10O2/c1-13-6-4-5-9-30(13)12-17-18(25-29-31(17)20-19(22)27-33-28-20)21(32)26-24-11-14-10-23-16-8-3-2-7-15(14)16/h2-3,7-8,10-11,13,23H,4-6,9,12H2,1H3,(H2,22,27)(H,26,32)/b24-11+/t13-/m0/s1. The van der Waals surface area contributed by atoms with Crippen LogP contribution in [-0.4, -0.2) is 59.9 Å². The second-order valence-electron chi connectivity index (χ2n) is 8.07. The van der Waals surface area contributed by atoms with Crippen LogP contribution in [0.4, 0.5) is 5.82 Å². The molecule has 4 heterocycles. The number of likely N-dealkylation sites (tertiary alicyclic amines) is 1. The van der Waals surface area contributed by atoms with Crippen molar-refractivity contribution in [1.29, 1.82) is 0 Å². The Morgan fingerprint density at radius 3 is 3.06 bits per heavy atom. The molecule has 3 aromatic heterocycles. The first-order valence-corrected chi connectivity index (χ1v) is 10.8. The molecule has 1 fully saturated rings. The van der Waals surface area contributed by atoms with E-state index >= 15 is 0 Å². The lowest BCUT2D eigenvalue weighted by Gasteiger charge is -2.33. The molecule has 0 unspecified atom stereocenters. The van der Waals surface area contributed by atoms with E-state index in [9.17, 15) is 4.79 Å². The summed E-state index contributed by atoms with van der Waals surface area (Å²) in [5.41, 5.74) is 11.0. The zero-order chi connectivity index (χ0) is 22.8. The van der Waals surface area contributed by atoms with Crippen molar-refractivity contribution in [3.05, 3.63) is 47.4 Å². The second-order valence-corrected chi connectivity index (χ2v) is 8.07. The molecule has 1 atom stereocenters. The summed E-state index contributed by atoms with van der Waals surface area (Å²) in [7, 11) is 0. The normalized spacial score (nSPS) is 17.2. The largest absolute Gasteiger partial charge is 0.378 e. The van der Waals surface area contributed by atoms with Crippen LogP contribution in [0.1, 0.15) is 47.9 Å². The number of aromatic nitrogens is 6. The number of carbonyl (C=O) groups excluding carboxylic acids is 1. The number of benzene rings is 1. The number of piperidine rings is 1. The Labute approximate surface area is 188 Å². The summed E-state index contributed by atoms with van der Waals surface area (Å²) in [6.45, 7) is 3.54. The van der Waals surface area contributed by atoms with Crippen LogP contribution in [0, 0.1) is 0 Å². The Morgan fingerprint density at radius 2 is 2.24 bits per heavy atom. The highest BCUT2D eigenvalue weighted by atomic mass is 16.6. The number of carbonyl (C=O) groups is 1. The van der Waals surface area contributed by atoms with Gasteiger partial charge < -0.3 is 10.7 Å². The minimum absolute atomic E-state index is 0.0668. The number of nitrogens with two attached hydrogens (primary N) is 1. The predicted molar refractivity (Wildman–Crippen MR) is 121 cm³/mol. The number of hydrazone groups is 1. The Bertz CT molecular complexity index is 1300. The first kappa shape index (κ1) is 20.8. The van der Waals surface area contributed by atoms with E-state index in [0.717, 1.165) is 35.9 Å². The molecule has 0 aliphatic carbocycles. The molecule has 1 aromatic carbocycles. The zero-order valence-corrected chi connectivity index (χ0v) is 18.1. The fraction of sp³-hybridized carbons (Fsp3) is 0.333. The quantitative estimate of drug-likeness (QED) is 0.298. The molecular weight excluding hydrogens is 424 g/mol. The monoisotopic (exact) mass is 448 g/mol. The number of hydrogen-bond donors (Lipinski definition) is 3. The van der Waals surface area contributed by atoms with E-state index in [4.69, 9.17) is 10.4 Å². The van der Waals surface area contributed by atoms with E-state index in [1.165, 1.54) is 11.1 Å². The highest BCUT2D eigenvalue weighted by molar-refractivity contribution is 6.00. The lowest BCUT2D eigenvalue weighted by atomic mass is 10.0. The second kappa shape index (κ2) is 8.82. The summed E-state index contributed by atoms with van der Waals surface area (Å²) in [5, 5.41) is 20.8. The summed E-state index contributed by atoms with van der Waals surface area (Å²) in [6, 6.07) is 8.22. The van der Waals surface area contributed by atoms with Gasteiger partial charge in [0.15, 0.2) is 5.69 Å². The Balaban J connectivity index is 1.41. The van der Waals surface area contributed by atoms with E-state index in [-0.39, 0.29) is 17.3 Å². The van der Waals surface area contributed by atoms with Gasteiger partial charge in [0, 0.05) is 35.2 Å². The number of rotatable bonds is 6. The molecule has 5 rings (SSSR count). The van der Waals surface area contributed by atoms with Crippen molar-refractivity contribution in [2.24, 2.45) is 5.10 Å². The third-order valence-corrected chi connectivity index (χ3v) is 5.96. The number of fused-ring (bicyclic) bond motifs is 1. The summed E-state index contributed by atoms with van der Waals surface area (Å²) in [4.78, 5) is 18.4. The van der Waals surface area contributed by atoms with Crippen molar-refractivity contribution < 1.29 is 9.42 Å². The molecule has 0 bridgehead atoms. The van der Waals surface area contributed by atoms with E-state index in [1.807, 2.05) is 30.5 Å². The van der Waals surface area contributed by atoms with Gasteiger partial charge in [-0.1, -0.05) is 29.8 Å². The van der Waals surface area contributed by atoms with Crippen molar-refractivity contribution in [2.45, 2.75) is 38.8 Å². The van der Waals surface area contributed by atoms with Gasteiger partial charge >= 0.3 is 0 Å². The third kappa shape index (κ3) is 4.07. The molecule has 4 aromatic rings. The van der Waals surface area contributed by atoms with Gasteiger partial charge in [0.2, 0.25) is 11.6 Å². The van der Waals surface area contributed by atoms with E-state index in [0.29, 0.717) is 18.3 Å². The number of anilines is 1. The molecule has 0 saturated carbocycles. The van der Waals surface area contributed by atoms with Crippen LogP contribution in [0.25, 0.3) is 16.7 Å². The average Bonchev–Trinajstić information content (AvgIpc) is 3.54. The van der Waals surface area contributed by atoms with Gasteiger partial charge in [-0.05, 0) is 42.7 Å². The topological polar surface area (TPSA) is 156 Å². The van der Waals surface area contributed by atoms with Gasteiger partial charge in [-0.25, -0.2) is 10.1 Å². The van der Waals surface area contributed by atoms with Crippen molar-refractivity contribution >= 4 is 28.8 Å². The number of nitrogen functional groups attached to an aromatic ring is 1. The van der Waals surface area contributed by atoms with Crippen LogP contribution >= 0.6 is 0 Å². The van der Waals surface area contributed by atoms with Crippen molar-refractivity contribution in [2.75, 3.05) is 12.3 Å².